The molecule has 170 valence electrons. The van der Waals surface area contributed by atoms with Gasteiger partial charge in [0.15, 0.2) is 0 Å². The number of aryl methyl sites for hydroxylation is 2. The van der Waals surface area contributed by atoms with Crippen molar-refractivity contribution in [1.29, 1.82) is 0 Å². The molecule has 1 heterocycles. The highest BCUT2D eigenvalue weighted by atomic mass is 19.1. The molecule has 0 radical (unpaired) electrons. The van der Waals surface area contributed by atoms with Crippen LogP contribution in [0.4, 0.5) is 4.39 Å². The molecular formula is C29H24FNO3. The summed E-state index contributed by atoms with van der Waals surface area (Å²) in [4.78, 5) is 15.2. The third-order valence-corrected chi connectivity index (χ3v) is 6.23. The Hall–Kier alpha value is -4.12. The van der Waals surface area contributed by atoms with Crippen LogP contribution in [0.15, 0.2) is 78.9 Å². The monoisotopic (exact) mass is 453 g/mol. The molecule has 0 amide bonds. The maximum Gasteiger partial charge on any atom is 0.352 e. The zero-order chi connectivity index (χ0) is 23.7. The van der Waals surface area contributed by atoms with Crippen LogP contribution in [0.2, 0.25) is 0 Å². The molecule has 5 heteroatoms. The number of halogens is 1. The molecule has 0 bridgehead atoms. The van der Waals surface area contributed by atoms with E-state index in [1.54, 1.807) is 12.1 Å². The lowest BCUT2D eigenvalue weighted by Gasteiger charge is -2.10. The molecule has 0 spiro atoms. The predicted octanol–water partition coefficient (Wildman–Crippen LogP) is 7.15. The highest BCUT2D eigenvalue weighted by molar-refractivity contribution is 6.03. The molecule has 0 saturated carbocycles. The van der Waals surface area contributed by atoms with Gasteiger partial charge in [0.25, 0.3) is 0 Å². The van der Waals surface area contributed by atoms with Crippen LogP contribution < -0.4 is 4.74 Å². The van der Waals surface area contributed by atoms with Crippen LogP contribution in [-0.4, -0.2) is 22.7 Å². The van der Waals surface area contributed by atoms with Crippen molar-refractivity contribution < 1.29 is 19.0 Å². The summed E-state index contributed by atoms with van der Waals surface area (Å²) < 4.78 is 20.3. The van der Waals surface area contributed by atoms with E-state index >= 15 is 0 Å². The molecule has 0 aliphatic heterocycles. The van der Waals surface area contributed by atoms with Crippen molar-refractivity contribution in [1.82, 2.24) is 4.98 Å². The SMILES string of the molecule is Cc1ccccc1-c1cccc2c(CCCOc3cccc4cccc(F)c34)c(C(=O)O)[nH]c12. The lowest BCUT2D eigenvalue weighted by Crippen LogP contribution is -2.04. The molecule has 1 aromatic heterocycles. The van der Waals surface area contributed by atoms with Crippen molar-refractivity contribution in [3.8, 4) is 16.9 Å². The summed E-state index contributed by atoms with van der Waals surface area (Å²) in [7, 11) is 0. The van der Waals surface area contributed by atoms with E-state index in [1.807, 2.05) is 67.6 Å². The third kappa shape index (κ3) is 3.90. The minimum atomic E-state index is -0.987. The van der Waals surface area contributed by atoms with Crippen molar-refractivity contribution in [3.63, 3.8) is 0 Å². The number of carboxylic acids is 1. The van der Waals surface area contributed by atoms with Gasteiger partial charge in [0.1, 0.15) is 17.3 Å². The molecule has 0 saturated heterocycles. The first kappa shape index (κ1) is 21.7. The van der Waals surface area contributed by atoms with Gasteiger partial charge in [0, 0.05) is 10.9 Å². The summed E-state index contributed by atoms with van der Waals surface area (Å²) in [6.45, 7) is 2.39. The van der Waals surface area contributed by atoms with Crippen molar-refractivity contribution >= 4 is 27.6 Å². The van der Waals surface area contributed by atoms with E-state index in [-0.39, 0.29) is 11.5 Å². The molecule has 0 aliphatic rings. The zero-order valence-electron chi connectivity index (χ0n) is 18.8. The molecule has 0 atom stereocenters. The smallest absolute Gasteiger partial charge is 0.352 e. The second kappa shape index (κ2) is 9.02. The van der Waals surface area contributed by atoms with Gasteiger partial charge in [-0.25, -0.2) is 9.18 Å². The number of hydrogen-bond acceptors (Lipinski definition) is 2. The maximum absolute atomic E-state index is 14.4. The summed E-state index contributed by atoms with van der Waals surface area (Å²) in [5.41, 5.74) is 4.95. The average molecular weight is 454 g/mol. The number of carboxylic acid groups (broad SMARTS) is 1. The van der Waals surface area contributed by atoms with Gasteiger partial charge < -0.3 is 14.8 Å². The zero-order valence-corrected chi connectivity index (χ0v) is 18.8. The van der Waals surface area contributed by atoms with Crippen LogP contribution >= 0.6 is 0 Å². The molecule has 0 aliphatic carbocycles. The number of aromatic amines is 1. The average Bonchev–Trinajstić information content (AvgIpc) is 3.21. The Bertz CT molecular complexity index is 1510. The van der Waals surface area contributed by atoms with E-state index in [2.05, 4.69) is 4.98 Å². The normalized spacial score (nSPS) is 11.2. The van der Waals surface area contributed by atoms with E-state index < -0.39 is 5.97 Å². The quantitative estimate of drug-likeness (QED) is 0.257. The fourth-order valence-electron chi connectivity index (χ4n) is 4.63. The van der Waals surface area contributed by atoms with Gasteiger partial charge in [-0.15, -0.1) is 0 Å². The molecular weight excluding hydrogens is 429 g/mol. The van der Waals surface area contributed by atoms with Crippen LogP contribution in [-0.2, 0) is 6.42 Å². The van der Waals surface area contributed by atoms with Gasteiger partial charge in [0.05, 0.1) is 17.5 Å². The Balaban J connectivity index is 1.42. The number of aromatic nitrogens is 1. The summed E-state index contributed by atoms with van der Waals surface area (Å²) in [6, 6.07) is 24.4. The molecule has 5 rings (SSSR count). The molecule has 0 unspecified atom stereocenters. The molecule has 4 aromatic carbocycles. The molecule has 0 fully saturated rings. The van der Waals surface area contributed by atoms with E-state index in [9.17, 15) is 14.3 Å². The van der Waals surface area contributed by atoms with Gasteiger partial charge in [-0.1, -0.05) is 66.7 Å². The van der Waals surface area contributed by atoms with Crippen LogP contribution in [0.5, 0.6) is 5.75 Å². The second-order valence-corrected chi connectivity index (χ2v) is 8.37. The Morgan fingerprint density at radius 3 is 2.47 bits per heavy atom. The second-order valence-electron chi connectivity index (χ2n) is 8.37. The van der Waals surface area contributed by atoms with Crippen LogP contribution in [0.3, 0.4) is 0 Å². The molecule has 4 nitrogen and oxygen atoms in total. The first-order valence-corrected chi connectivity index (χ1v) is 11.3. The predicted molar refractivity (Wildman–Crippen MR) is 133 cm³/mol. The lowest BCUT2D eigenvalue weighted by atomic mass is 9.97. The summed E-state index contributed by atoms with van der Waals surface area (Å²) in [5, 5.41) is 12.0. The van der Waals surface area contributed by atoms with Gasteiger partial charge in [-0.2, -0.15) is 0 Å². The minimum absolute atomic E-state index is 0.201. The van der Waals surface area contributed by atoms with Gasteiger partial charge >= 0.3 is 5.97 Å². The van der Waals surface area contributed by atoms with Crippen molar-refractivity contribution in [2.24, 2.45) is 0 Å². The number of benzene rings is 4. The number of H-pyrrole nitrogens is 1. The molecule has 34 heavy (non-hydrogen) atoms. The van der Waals surface area contributed by atoms with E-state index in [1.165, 1.54) is 6.07 Å². The summed E-state index contributed by atoms with van der Waals surface area (Å²) >= 11 is 0. The highest BCUT2D eigenvalue weighted by Gasteiger charge is 2.19. The van der Waals surface area contributed by atoms with Crippen molar-refractivity contribution in [3.05, 3.63) is 102 Å². The van der Waals surface area contributed by atoms with Gasteiger partial charge in [-0.05, 0) is 54.0 Å². The first-order valence-electron chi connectivity index (χ1n) is 11.3. The van der Waals surface area contributed by atoms with Gasteiger partial charge in [0.2, 0.25) is 0 Å². The topological polar surface area (TPSA) is 62.3 Å². The van der Waals surface area contributed by atoms with Crippen molar-refractivity contribution in [2.45, 2.75) is 19.8 Å². The standard InChI is InChI=1S/C29H24FNO3/c1-18-8-2-3-11-20(18)21-12-6-13-22-23(28(29(32)33)31-27(21)22)14-7-17-34-25-16-5-10-19-9-4-15-24(30)26(19)25/h2-6,8-13,15-16,31H,7,14,17H2,1H3,(H,32,33). The third-order valence-electron chi connectivity index (χ3n) is 6.23. The Kier molecular flexibility index (Phi) is 5.76. The maximum atomic E-state index is 14.4. The lowest BCUT2D eigenvalue weighted by molar-refractivity contribution is 0.0690. The summed E-state index contributed by atoms with van der Waals surface area (Å²) in [5.74, 6) is -0.810. The molecule has 5 aromatic rings. The Morgan fingerprint density at radius 1 is 0.941 bits per heavy atom. The number of nitrogens with one attached hydrogen (secondary N) is 1. The Morgan fingerprint density at radius 2 is 1.68 bits per heavy atom. The van der Waals surface area contributed by atoms with Crippen molar-refractivity contribution in [2.75, 3.05) is 6.61 Å². The van der Waals surface area contributed by atoms with Crippen LogP contribution in [0, 0.1) is 12.7 Å². The highest BCUT2D eigenvalue weighted by Crippen LogP contribution is 2.34. The van der Waals surface area contributed by atoms with E-state index in [0.29, 0.717) is 30.6 Å². The van der Waals surface area contributed by atoms with E-state index in [0.717, 1.165) is 38.5 Å². The number of carbonyl (C=O) groups is 1. The Labute approximate surface area is 196 Å². The minimum Gasteiger partial charge on any atom is -0.493 e. The fraction of sp³-hybridized carbons (Fsp3) is 0.138. The first-order chi connectivity index (χ1) is 16.5. The van der Waals surface area contributed by atoms with Crippen LogP contribution in [0.1, 0.15) is 28.0 Å². The number of rotatable bonds is 7. The van der Waals surface area contributed by atoms with Gasteiger partial charge in [-0.3, -0.25) is 0 Å². The van der Waals surface area contributed by atoms with Crippen LogP contribution in [0.25, 0.3) is 32.8 Å². The molecule has 2 N–H and O–H groups in total. The van der Waals surface area contributed by atoms with E-state index in [4.69, 9.17) is 4.74 Å². The number of ether oxygens (including phenoxy) is 1. The number of aromatic carboxylic acids is 1. The summed E-state index contributed by atoms with van der Waals surface area (Å²) in [6.07, 6.45) is 1.11. The fourth-order valence-corrected chi connectivity index (χ4v) is 4.63. The number of fused-ring (bicyclic) bond motifs is 2. The number of hydrogen-bond donors (Lipinski definition) is 2. The number of para-hydroxylation sites is 1. The largest absolute Gasteiger partial charge is 0.493 e.